The highest BCUT2D eigenvalue weighted by atomic mass is 19.1. The zero-order chi connectivity index (χ0) is 14.0. The number of hydrogen-bond donors (Lipinski definition) is 1. The molecule has 0 saturated heterocycles. The van der Waals surface area contributed by atoms with Gasteiger partial charge in [-0.2, -0.15) is 0 Å². The van der Waals surface area contributed by atoms with Gasteiger partial charge in [-0.15, -0.1) is 0 Å². The molecule has 1 saturated carbocycles. The Morgan fingerprint density at radius 1 is 1.32 bits per heavy atom. The van der Waals surface area contributed by atoms with E-state index in [9.17, 15) is 9.50 Å². The maximum atomic E-state index is 13.9. The van der Waals surface area contributed by atoms with E-state index in [-0.39, 0.29) is 17.6 Å². The van der Waals surface area contributed by atoms with Gasteiger partial charge in [0.2, 0.25) is 0 Å². The first-order valence-electron chi connectivity index (χ1n) is 7.21. The van der Waals surface area contributed by atoms with Gasteiger partial charge in [-0.05, 0) is 38.8 Å². The lowest BCUT2D eigenvalue weighted by molar-refractivity contribution is 0.102. The van der Waals surface area contributed by atoms with Crippen molar-refractivity contribution in [1.82, 2.24) is 4.90 Å². The minimum Gasteiger partial charge on any atom is -0.508 e. The van der Waals surface area contributed by atoms with Crippen LogP contribution in [0.4, 0.5) is 4.39 Å². The Labute approximate surface area is 115 Å². The molecule has 19 heavy (non-hydrogen) atoms. The van der Waals surface area contributed by atoms with Gasteiger partial charge < -0.3 is 5.11 Å². The van der Waals surface area contributed by atoms with E-state index in [1.54, 1.807) is 12.1 Å². The van der Waals surface area contributed by atoms with Crippen LogP contribution in [0, 0.1) is 11.7 Å². The number of phenols is 1. The lowest BCUT2D eigenvalue weighted by atomic mass is 9.84. The monoisotopic (exact) mass is 265 g/mol. The SMILES string of the molecule is CC1CCCCC1N(C)C(C)c1ccc(O)cc1F. The van der Waals surface area contributed by atoms with Crippen molar-refractivity contribution in [2.24, 2.45) is 5.92 Å². The normalized spacial score (nSPS) is 25.5. The summed E-state index contributed by atoms with van der Waals surface area (Å²) in [5.41, 5.74) is 0.665. The van der Waals surface area contributed by atoms with E-state index in [0.29, 0.717) is 17.5 Å². The summed E-state index contributed by atoms with van der Waals surface area (Å²) < 4.78 is 13.9. The van der Waals surface area contributed by atoms with Crippen molar-refractivity contribution >= 4 is 0 Å². The molecule has 3 atom stereocenters. The van der Waals surface area contributed by atoms with Crippen LogP contribution < -0.4 is 0 Å². The van der Waals surface area contributed by atoms with E-state index < -0.39 is 0 Å². The number of benzene rings is 1. The minimum absolute atomic E-state index is 0.0119. The molecule has 1 aliphatic rings. The van der Waals surface area contributed by atoms with Crippen molar-refractivity contribution in [2.75, 3.05) is 7.05 Å². The molecule has 2 nitrogen and oxygen atoms in total. The van der Waals surface area contributed by atoms with Gasteiger partial charge in [0.15, 0.2) is 0 Å². The fourth-order valence-electron chi connectivity index (χ4n) is 3.26. The summed E-state index contributed by atoms with van der Waals surface area (Å²) in [6.45, 7) is 4.33. The van der Waals surface area contributed by atoms with E-state index in [4.69, 9.17) is 0 Å². The number of rotatable bonds is 3. The second-order valence-corrected chi connectivity index (χ2v) is 5.88. The molecule has 0 bridgehead atoms. The standard InChI is InChI=1S/C16H24FNO/c1-11-6-4-5-7-16(11)18(3)12(2)14-9-8-13(19)10-15(14)17/h8-12,16,19H,4-7H2,1-3H3. The molecular formula is C16H24FNO. The second-order valence-electron chi connectivity index (χ2n) is 5.88. The smallest absolute Gasteiger partial charge is 0.131 e. The van der Waals surface area contributed by atoms with Gasteiger partial charge in [0.1, 0.15) is 11.6 Å². The largest absolute Gasteiger partial charge is 0.508 e. The first-order valence-corrected chi connectivity index (χ1v) is 7.21. The second kappa shape index (κ2) is 5.91. The summed E-state index contributed by atoms with van der Waals surface area (Å²) in [6, 6.07) is 5.01. The quantitative estimate of drug-likeness (QED) is 0.889. The molecule has 106 valence electrons. The number of nitrogens with zero attached hydrogens (tertiary/aromatic N) is 1. The molecule has 3 unspecified atom stereocenters. The van der Waals surface area contributed by atoms with Crippen molar-refractivity contribution in [2.45, 2.75) is 51.6 Å². The lowest BCUT2D eigenvalue weighted by Crippen LogP contribution is -2.40. The van der Waals surface area contributed by atoms with Gasteiger partial charge in [-0.1, -0.05) is 25.8 Å². The third-order valence-electron chi connectivity index (χ3n) is 4.63. The van der Waals surface area contributed by atoms with Crippen molar-refractivity contribution < 1.29 is 9.50 Å². The number of hydrogen-bond acceptors (Lipinski definition) is 2. The number of halogens is 1. The third kappa shape index (κ3) is 3.08. The van der Waals surface area contributed by atoms with Crippen LogP contribution in [0.2, 0.25) is 0 Å². The molecule has 3 heteroatoms. The molecule has 1 fully saturated rings. The van der Waals surface area contributed by atoms with Gasteiger partial charge >= 0.3 is 0 Å². The van der Waals surface area contributed by atoms with Crippen molar-refractivity contribution in [3.05, 3.63) is 29.6 Å². The maximum Gasteiger partial charge on any atom is 0.131 e. The summed E-state index contributed by atoms with van der Waals surface area (Å²) in [5.74, 6) is 0.339. The van der Waals surface area contributed by atoms with Crippen LogP contribution in [0.5, 0.6) is 5.75 Å². The van der Waals surface area contributed by atoms with E-state index in [0.717, 1.165) is 0 Å². The highest BCUT2D eigenvalue weighted by molar-refractivity contribution is 5.29. The molecular weight excluding hydrogens is 241 g/mol. The Kier molecular flexibility index (Phi) is 4.46. The molecule has 1 aliphatic carbocycles. The molecule has 0 radical (unpaired) electrons. The topological polar surface area (TPSA) is 23.5 Å². The van der Waals surface area contributed by atoms with Crippen LogP contribution in [0.3, 0.4) is 0 Å². The maximum absolute atomic E-state index is 13.9. The van der Waals surface area contributed by atoms with Crippen molar-refractivity contribution in [1.29, 1.82) is 0 Å². The average molecular weight is 265 g/mol. The van der Waals surface area contributed by atoms with Gasteiger partial charge in [0, 0.05) is 23.7 Å². The van der Waals surface area contributed by atoms with Crippen LogP contribution in [-0.4, -0.2) is 23.1 Å². The highest BCUT2D eigenvalue weighted by Gasteiger charge is 2.29. The minimum atomic E-state index is -0.317. The van der Waals surface area contributed by atoms with Gasteiger partial charge in [0.05, 0.1) is 0 Å². The molecule has 0 amide bonds. The number of aromatic hydroxyl groups is 1. The number of phenolic OH excluding ortho intramolecular Hbond substituents is 1. The van der Waals surface area contributed by atoms with Gasteiger partial charge in [0.25, 0.3) is 0 Å². The summed E-state index contributed by atoms with van der Waals surface area (Å²) >= 11 is 0. The first-order chi connectivity index (χ1) is 9.00. The van der Waals surface area contributed by atoms with Gasteiger partial charge in [-0.3, -0.25) is 4.90 Å². The fourth-order valence-corrected chi connectivity index (χ4v) is 3.26. The summed E-state index contributed by atoms with van der Waals surface area (Å²) in [5, 5.41) is 9.30. The van der Waals surface area contributed by atoms with E-state index in [1.165, 1.54) is 31.7 Å². The Morgan fingerprint density at radius 2 is 2.00 bits per heavy atom. The molecule has 0 spiro atoms. The van der Waals surface area contributed by atoms with Crippen molar-refractivity contribution in [3.63, 3.8) is 0 Å². The average Bonchev–Trinajstić information content (AvgIpc) is 2.38. The summed E-state index contributed by atoms with van der Waals surface area (Å²) in [7, 11) is 2.09. The van der Waals surface area contributed by atoms with Crippen LogP contribution >= 0.6 is 0 Å². The summed E-state index contributed by atoms with van der Waals surface area (Å²) in [4.78, 5) is 2.29. The van der Waals surface area contributed by atoms with Gasteiger partial charge in [-0.25, -0.2) is 4.39 Å². The Hall–Kier alpha value is -1.09. The predicted octanol–water partition coefficient (Wildman–Crippen LogP) is 4.10. The van der Waals surface area contributed by atoms with E-state index in [2.05, 4.69) is 18.9 Å². The Morgan fingerprint density at radius 3 is 2.63 bits per heavy atom. The molecule has 0 heterocycles. The molecule has 1 aromatic carbocycles. The zero-order valence-electron chi connectivity index (χ0n) is 12.1. The highest BCUT2D eigenvalue weighted by Crippen LogP contribution is 2.33. The molecule has 1 aromatic rings. The first kappa shape index (κ1) is 14.3. The Balaban J connectivity index is 2.15. The van der Waals surface area contributed by atoms with E-state index >= 15 is 0 Å². The predicted molar refractivity (Wildman–Crippen MR) is 75.7 cm³/mol. The molecule has 0 aromatic heterocycles. The Bertz CT molecular complexity index is 435. The fraction of sp³-hybridized carbons (Fsp3) is 0.625. The van der Waals surface area contributed by atoms with Crippen LogP contribution in [0.25, 0.3) is 0 Å². The van der Waals surface area contributed by atoms with E-state index in [1.807, 2.05) is 6.92 Å². The molecule has 1 N–H and O–H groups in total. The van der Waals surface area contributed by atoms with Crippen LogP contribution in [0.15, 0.2) is 18.2 Å². The van der Waals surface area contributed by atoms with Crippen LogP contribution in [-0.2, 0) is 0 Å². The summed E-state index contributed by atoms with van der Waals surface area (Å²) in [6.07, 6.45) is 5.04. The molecule has 0 aliphatic heterocycles. The van der Waals surface area contributed by atoms with Crippen molar-refractivity contribution in [3.8, 4) is 5.75 Å². The molecule has 2 rings (SSSR count). The lowest BCUT2D eigenvalue weighted by Gasteiger charge is -2.39. The third-order valence-corrected chi connectivity index (χ3v) is 4.63. The van der Waals surface area contributed by atoms with Crippen LogP contribution in [0.1, 0.15) is 51.1 Å². The zero-order valence-corrected chi connectivity index (χ0v) is 12.1.